The monoisotopic (exact) mass is 197 g/mol. The zero-order chi connectivity index (χ0) is 10.8. The summed E-state index contributed by atoms with van der Waals surface area (Å²) in [6.07, 6.45) is 1.93. The van der Waals surface area contributed by atoms with Gasteiger partial charge >= 0.3 is 0 Å². The number of nitrogens with one attached hydrogen (secondary N) is 2. The lowest BCUT2D eigenvalue weighted by Gasteiger charge is -2.08. The van der Waals surface area contributed by atoms with Gasteiger partial charge in [-0.3, -0.25) is 4.79 Å². The molecule has 4 nitrogen and oxygen atoms in total. The molecular formula is C10H19N3O. The lowest BCUT2D eigenvalue weighted by atomic mass is 10.3. The Kier molecular flexibility index (Phi) is 7.86. The number of carbonyl (C=O) groups is 1. The van der Waals surface area contributed by atoms with Gasteiger partial charge in [0.2, 0.25) is 5.91 Å². The van der Waals surface area contributed by atoms with Crippen molar-refractivity contribution < 1.29 is 4.79 Å². The Labute approximate surface area is 85.7 Å². The highest BCUT2D eigenvalue weighted by molar-refractivity contribution is 5.76. The molecule has 1 amide bonds. The summed E-state index contributed by atoms with van der Waals surface area (Å²) >= 11 is 0. The van der Waals surface area contributed by atoms with Gasteiger partial charge in [-0.1, -0.05) is 0 Å². The van der Waals surface area contributed by atoms with Gasteiger partial charge in [0.15, 0.2) is 0 Å². The lowest BCUT2D eigenvalue weighted by molar-refractivity contribution is -0.121. The van der Waals surface area contributed by atoms with E-state index in [0.717, 1.165) is 13.0 Å². The summed E-state index contributed by atoms with van der Waals surface area (Å²) in [6, 6.07) is 2.28. The van der Waals surface area contributed by atoms with Gasteiger partial charge in [0.1, 0.15) is 0 Å². The summed E-state index contributed by atoms with van der Waals surface area (Å²) in [4.78, 5) is 11.1. The molecule has 0 aliphatic heterocycles. The van der Waals surface area contributed by atoms with Crippen LogP contribution in [-0.2, 0) is 4.79 Å². The third-order valence-corrected chi connectivity index (χ3v) is 1.62. The largest absolute Gasteiger partial charge is 0.354 e. The molecule has 0 rings (SSSR count). The van der Waals surface area contributed by atoms with Gasteiger partial charge in [-0.25, -0.2) is 0 Å². The van der Waals surface area contributed by atoms with E-state index in [-0.39, 0.29) is 11.9 Å². The van der Waals surface area contributed by atoms with Crippen LogP contribution < -0.4 is 10.6 Å². The molecule has 0 aromatic heterocycles. The standard InChI is InChI=1S/C10H19N3O/c1-9(2)13-10(14)5-8-12-7-4-3-6-11/h9,12H,3-5,7-8H2,1-2H3,(H,13,14). The summed E-state index contributed by atoms with van der Waals surface area (Å²) in [6.45, 7) is 5.38. The van der Waals surface area contributed by atoms with Crippen LogP contribution in [0.3, 0.4) is 0 Å². The van der Waals surface area contributed by atoms with Crippen LogP contribution in [0.4, 0.5) is 0 Å². The molecule has 0 spiro atoms. The fourth-order valence-corrected chi connectivity index (χ4v) is 1.01. The molecule has 0 bridgehead atoms. The van der Waals surface area contributed by atoms with Crippen molar-refractivity contribution >= 4 is 5.91 Å². The Morgan fingerprint density at radius 3 is 2.71 bits per heavy atom. The van der Waals surface area contributed by atoms with E-state index in [4.69, 9.17) is 5.26 Å². The topological polar surface area (TPSA) is 64.9 Å². The minimum Gasteiger partial charge on any atom is -0.354 e. The molecular weight excluding hydrogens is 178 g/mol. The van der Waals surface area contributed by atoms with Crippen LogP contribution in [0.15, 0.2) is 0 Å². The summed E-state index contributed by atoms with van der Waals surface area (Å²) < 4.78 is 0. The highest BCUT2D eigenvalue weighted by Crippen LogP contribution is 1.85. The molecule has 0 unspecified atom stereocenters. The van der Waals surface area contributed by atoms with E-state index in [1.54, 1.807) is 0 Å². The summed E-state index contributed by atoms with van der Waals surface area (Å²) in [5, 5.41) is 14.2. The van der Waals surface area contributed by atoms with Crippen molar-refractivity contribution in [1.29, 1.82) is 5.26 Å². The van der Waals surface area contributed by atoms with Crippen LogP contribution in [0.2, 0.25) is 0 Å². The lowest BCUT2D eigenvalue weighted by Crippen LogP contribution is -2.32. The van der Waals surface area contributed by atoms with Crippen LogP contribution >= 0.6 is 0 Å². The van der Waals surface area contributed by atoms with Gasteiger partial charge in [0.25, 0.3) is 0 Å². The second-order valence-electron chi connectivity index (χ2n) is 3.48. The van der Waals surface area contributed by atoms with E-state index in [9.17, 15) is 4.79 Å². The van der Waals surface area contributed by atoms with Crippen LogP contribution in [-0.4, -0.2) is 25.0 Å². The third-order valence-electron chi connectivity index (χ3n) is 1.62. The Morgan fingerprint density at radius 1 is 1.43 bits per heavy atom. The van der Waals surface area contributed by atoms with Gasteiger partial charge in [0, 0.05) is 25.4 Å². The smallest absolute Gasteiger partial charge is 0.221 e. The number of nitriles is 1. The van der Waals surface area contributed by atoms with Crippen LogP contribution in [0.5, 0.6) is 0 Å². The van der Waals surface area contributed by atoms with E-state index in [1.807, 2.05) is 13.8 Å². The Morgan fingerprint density at radius 2 is 2.14 bits per heavy atom. The number of hydrogen-bond acceptors (Lipinski definition) is 3. The van der Waals surface area contributed by atoms with E-state index in [2.05, 4.69) is 16.7 Å². The second-order valence-corrected chi connectivity index (χ2v) is 3.48. The van der Waals surface area contributed by atoms with Crippen molar-refractivity contribution in [2.45, 2.75) is 39.2 Å². The third kappa shape index (κ3) is 9.01. The molecule has 14 heavy (non-hydrogen) atoms. The minimum atomic E-state index is 0.0767. The summed E-state index contributed by atoms with van der Waals surface area (Å²) in [5.74, 6) is 0.0767. The van der Waals surface area contributed by atoms with E-state index >= 15 is 0 Å². The zero-order valence-corrected chi connectivity index (χ0v) is 8.97. The van der Waals surface area contributed by atoms with Crippen molar-refractivity contribution in [1.82, 2.24) is 10.6 Å². The Bertz CT molecular complexity index is 196. The maximum absolute atomic E-state index is 11.1. The normalized spacial score (nSPS) is 9.86. The number of carbonyl (C=O) groups excluding carboxylic acids is 1. The molecule has 0 radical (unpaired) electrons. The number of hydrogen-bond donors (Lipinski definition) is 2. The molecule has 0 atom stereocenters. The fraction of sp³-hybridized carbons (Fsp3) is 0.800. The zero-order valence-electron chi connectivity index (χ0n) is 8.97. The van der Waals surface area contributed by atoms with Crippen molar-refractivity contribution in [2.75, 3.05) is 13.1 Å². The van der Waals surface area contributed by atoms with Crippen LogP contribution in [0, 0.1) is 11.3 Å². The highest BCUT2D eigenvalue weighted by Gasteiger charge is 2.01. The maximum Gasteiger partial charge on any atom is 0.221 e. The molecule has 0 aliphatic carbocycles. The minimum absolute atomic E-state index is 0.0767. The second kappa shape index (κ2) is 8.52. The molecule has 4 heteroatoms. The van der Waals surface area contributed by atoms with Crippen LogP contribution in [0.1, 0.15) is 33.1 Å². The van der Waals surface area contributed by atoms with E-state index < -0.39 is 0 Å². The van der Waals surface area contributed by atoms with Crippen molar-refractivity contribution in [3.8, 4) is 6.07 Å². The molecule has 0 aromatic carbocycles. The van der Waals surface area contributed by atoms with E-state index in [0.29, 0.717) is 19.4 Å². The molecule has 0 saturated heterocycles. The van der Waals surface area contributed by atoms with Gasteiger partial charge < -0.3 is 10.6 Å². The first-order valence-electron chi connectivity index (χ1n) is 5.04. The quantitative estimate of drug-likeness (QED) is 0.593. The summed E-state index contributed by atoms with van der Waals surface area (Å²) in [5.41, 5.74) is 0. The number of amides is 1. The first kappa shape index (κ1) is 12.9. The van der Waals surface area contributed by atoms with Crippen LogP contribution in [0.25, 0.3) is 0 Å². The molecule has 0 aliphatic rings. The molecule has 0 heterocycles. The molecule has 2 N–H and O–H groups in total. The predicted molar refractivity (Wildman–Crippen MR) is 55.6 cm³/mol. The fourth-order valence-electron chi connectivity index (χ4n) is 1.01. The first-order valence-corrected chi connectivity index (χ1v) is 5.04. The van der Waals surface area contributed by atoms with Gasteiger partial charge in [-0.15, -0.1) is 0 Å². The number of unbranched alkanes of at least 4 members (excludes halogenated alkanes) is 1. The van der Waals surface area contributed by atoms with E-state index in [1.165, 1.54) is 0 Å². The van der Waals surface area contributed by atoms with Crippen molar-refractivity contribution in [3.63, 3.8) is 0 Å². The van der Waals surface area contributed by atoms with Crippen molar-refractivity contribution in [3.05, 3.63) is 0 Å². The number of rotatable bonds is 7. The highest BCUT2D eigenvalue weighted by atomic mass is 16.1. The molecule has 0 fully saturated rings. The first-order chi connectivity index (χ1) is 6.66. The van der Waals surface area contributed by atoms with Gasteiger partial charge in [-0.05, 0) is 26.8 Å². The maximum atomic E-state index is 11.1. The average Bonchev–Trinajstić information content (AvgIpc) is 2.10. The summed E-state index contributed by atoms with van der Waals surface area (Å²) in [7, 11) is 0. The SMILES string of the molecule is CC(C)NC(=O)CCNCCCC#N. The predicted octanol–water partition coefficient (Wildman–Crippen LogP) is 0.794. The van der Waals surface area contributed by atoms with Gasteiger partial charge in [-0.2, -0.15) is 5.26 Å². The van der Waals surface area contributed by atoms with Crippen molar-refractivity contribution in [2.24, 2.45) is 0 Å². The molecule has 0 aromatic rings. The average molecular weight is 197 g/mol. The Hall–Kier alpha value is -1.08. The van der Waals surface area contributed by atoms with Gasteiger partial charge in [0.05, 0.1) is 6.07 Å². The molecule has 0 saturated carbocycles. The molecule has 80 valence electrons. The Balaban J connectivity index is 3.20. The number of nitrogens with zero attached hydrogens (tertiary/aromatic N) is 1.